The molecule has 1 N–H and O–H groups in total. The fourth-order valence-corrected chi connectivity index (χ4v) is 5.29. The molecule has 1 amide bonds. The number of sulfone groups is 1. The molecule has 7 nitrogen and oxygen atoms in total. The standard InChI is InChI=1S/C17H21N3O4S2/c1-11-3-4-12(2)14(7-11)18-15(21)9-25-17-20-19-16(24-17)8-13-5-6-26(22,23)10-13/h3-4,7,13H,5-6,8-10H2,1-2H3,(H,18,21)/t13-/m0/s1. The number of rotatable bonds is 6. The topological polar surface area (TPSA) is 102 Å². The predicted octanol–water partition coefficient (Wildman–Crippen LogP) is 2.39. The van der Waals surface area contributed by atoms with E-state index in [1.165, 1.54) is 11.8 Å². The SMILES string of the molecule is Cc1ccc(C)c(NC(=O)CSc2nnc(C[C@@H]3CCS(=O)(=O)C3)o2)c1. The quantitative estimate of drug-likeness (QED) is 0.749. The number of aryl methyl sites for hydroxylation is 2. The largest absolute Gasteiger partial charge is 0.416 e. The van der Waals surface area contributed by atoms with E-state index >= 15 is 0 Å². The Hall–Kier alpha value is -1.87. The van der Waals surface area contributed by atoms with E-state index in [1.54, 1.807) is 0 Å². The minimum Gasteiger partial charge on any atom is -0.416 e. The number of carbonyl (C=O) groups is 1. The fraction of sp³-hybridized carbons (Fsp3) is 0.471. The molecule has 0 spiro atoms. The van der Waals surface area contributed by atoms with Crippen molar-refractivity contribution in [1.82, 2.24) is 10.2 Å². The van der Waals surface area contributed by atoms with E-state index < -0.39 is 9.84 Å². The molecule has 0 aliphatic carbocycles. The first kappa shape index (κ1) is 18.9. The van der Waals surface area contributed by atoms with Crippen molar-refractivity contribution in [3.8, 4) is 0 Å². The van der Waals surface area contributed by atoms with Crippen molar-refractivity contribution in [2.45, 2.75) is 31.9 Å². The second-order valence-electron chi connectivity index (χ2n) is 6.59. The van der Waals surface area contributed by atoms with Gasteiger partial charge in [-0.25, -0.2) is 8.42 Å². The van der Waals surface area contributed by atoms with Gasteiger partial charge in [0.05, 0.1) is 17.3 Å². The highest BCUT2D eigenvalue weighted by molar-refractivity contribution is 7.99. The van der Waals surface area contributed by atoms with E-state index in [4.69, 9.17) is 4.42 Å². The highest BCUT2D eigenvalue weighted by Gasteiger charge is 2.29. The Bertz CT molecular complexity index is 908. The molecule has 1 aromatic heterocycles. The number of carbonyl (C=O) groups excluding carboxylic acids is 1. The minimum atomic E-state index is -2.91. The lowest BCUT2D eigenvalue weighted by atomic mass is 10.1. The van der Waals surface area contributed by atoms with Gasteiger partial charge in [0.15, 0.2) is 9.84 Å². The Balaban J connectivity index is 1.50. The summed E-state index contributed by atoms with van der Waals surface area (Å²) in [5, 5.41) is 11.1. The second kappa shape index (κ2) is 7.79. The molecule has 0 bridgehead atoms. The molecule has 9 heteroatoms. The smallest absolute Gasteiger partial charge is 0.277 e. The number of hydrogen-bond acceptors (Lipinski definition) is 7. The molecule has 1 aliphatic heterocycles. The molecule has 2 heterocycles. The van der Waals surface area contributed by atoms with Gasteiger partial charge in [-0.05, 0) is 43.4 Å². The van der Waals surface area contributed by atoms with Crippen LogP contribution in [0, 0.1) is 19.8 Å². The first-order valence-electron chi connectivity index (χ1n) is 8.33. The number of amides is 1. The summed E-state index contributed by atoms with van der Waals surface area (Å²) < 4.78 is 28.5. The van der Waals surface area contributed by atoms with Gasteiger partial charge < -0.3 is 9.73 Å². The van der Waals surface area contributed by atoms with Crippen molar-refractivity contribution in [2.24, 2.45) is 5.92 Å². The van der Waals surface area contributed by atoms with Gasteiger partial charge in [-0.2, -0.15) is 0 Å². The molecule has 1 atom stereocenters. The average molecular weight is 396 g/mol. The normalized spacial score (nSPS) is 18.8. The second-order valence-corrected chi connectivity index (χ2v) is 9.75. The van der Waals surface area contributed by atoms with Gasteiger partial charge in [0.25, 0.3) is 5.22 Å². The van der Waals surface area contributed by atoms with Crippen LogP contribution in [0.2, 0.25) is 0 Å². The number of thioether (sulfide) groups is 1. The van der Waals surface area contributed by atoms with Crippen LogP contribution in [-0.4, -0.2) is 41.8 Å². The van der Waals surface area contributed by atoms with E-state index in [1.807, 2.05) is 32.0 Å². The highest BCUT2D eigenvalue weighted by atomic mass is 32.2. The first-order chi connectivity index (χ1) is 12.3. The molecular weight excluding hydrogens is 374 g/mol. The zero-order valence-corrected chi connectivity index (χ0v) is 16.3. The van der Waals surface area contributed by atoms with Crippen LogP contribution in [0.4, 0.5) is 5.69 Å². The summed E-state index contributed by atoms with van der Waals surface area (Å²) in [5.41, 5.74) is 2.87. The van der Waals surface area contributed by atoms with Crippen LogP contribution in [0.3, 0.4) is 0 Å². The maximum absolute atomic E-state index is 12.1. The van der Waals surface area contributed by atoms with Crippen LogP contribution in [0.1, 0.15) is 23.4 Å². The third kappa shape index (κ3) is 5.07. The van der Waals surface area contributed by atoms with Gasteiger partial charge >= 0.3 is 0 Å². The lowest BCUT2D eigenvalue weighted by molar-refractivity contribution is -0.113. The Morgan fingerprint density at radius 2 is 2.15 bits per heavy atom. The summed E-state index contributed by atoms with van der Waals surface area (Å²) in [4.78, 5) is 12.1. The zero-order chi connectivity index (χ0) is 18.7. The van der Waals surface area contributed by atoms with Crippen molar-refractivity contribution in [1.29, 1.82) is 0 Å². The zero-order valence-electron chi connectivity index (χ0n) is 14.7. The van der Waals surface area contributed by atoms with Crippen LogP contribution >= 0.6 is 11.8 Å². The van der Waals surface area contributed by atoms with Crippen molar-refractivity contribution < 1.29 is 17.6 Å². The molecule has 1 saturated heterocycles. The van der Waals surface area contributed by atoms with Gasteiger partial charge in [0.2, 0.25) is 11.8 Å². The molecule has 26 heavy (non-hydrogen) atoms. The summed E-state index contributed by atoms with van der Waals surface area (Å²) in [5.74, 6) is 0.871. The molecule has 140 valence electrons. The van der Waals surface area contributed by atoms with Gasteiger partial charge in [0, 0.05) is 12.1 Å². The molecule has 3 rings (SSSR count). The molecule has 1 fully saturated rings. The van der Waals surface area contributed by atoms with Crippen molar-refractivity contribution >= 4 is 33.2 Å². The maximum atomic E-state index is 12.1. The number of nitrogens with zero attached hydrogens (tertiary/aromatic N) is 2. The fourth-order valence-electron chi connectivity index (χ4n) is 2.84. The number of benzene rings is 1. The summed E-state index contributed by atoms with van der Waals surface area (Å²) in [6.07, 6.45) is 1.09. The number of nitrogens with one attached hydrogen (secondary N) is 1. The van der Waals surface area contributed by atoms with E-state index in [0.29, 0.717) is 24.0 Å². The molecular formula is C17H21N3O4S2. The molecule has 1 aliphatic rings. The summed E-state index contributed by atoms with van der Waals surface area (Å²) in [6, 6.07) is 5.89. The predicted molar refractivity (Wildman–Crippen MR) is 100 cm³/mol. The van der Waals surface area contributed by atoms with Crippen LogP contribution in [0.15, 0.2) is 27.8 Å². The third-order valence-electron chi connectivity index (χ3n) is 4.23. The van der Waals surface area contributed by atoms with E-state index in [-0.39, 0.29) is 29.1 Å². The van der Waals surface area contributed by atoms with E-state index in [2.05, 4.69) is 15.5 Å². The average Bonchev–Trinajstić information content (AvgIpc) is 3.15. The van der Waals surface area contributed by atoms with Crippen LogP contribution in [0.5, 0.6) is 0 Å². The molecule has 2 aromatic rings. The van der Waals surface area contributed by atoms with Gasteiger partial charge in [-0.15, -0.1) is 10.2 Å². The summed E-state index contributed by atoms with van der Waals surface area (Å²) in [7, 11) is -2.91. The van der Waals surface area contributed by atoms with Crippen LogP contribution < -0.4 is 5.32 Å². The lowest BCUT2D eigenvalue weighted by Crippen LogP contribution is -2.14. The van der Waals surface area contributed by atoms with E-state index in [9.17, 15) is 13.2 Å². The Labute approximate surface area is 156 Å². The molecule has 1 aromatic carbocycles. The van der Waals surface area contributed by atoms with Crippen molar-refractivity contribution in [3.63, 3.8) is 0 Å². The summed E-state index contributed by atoms with van der Waals surface area (Å²) >= 11 is 1.17. The number of anilines is 1. The molecule has 0 saturated carbocycles. The summed E-state index contributed by atoms with van der Waals surface area (Å²) in [6.45, 7) is 3.91. The maximum Gasteiger partial charge on any atom is 0.277 e. The van der Waals surface area contributed by atoms with Crippen LogP contribution in [0.25, 0.3) is 0 Å². The molecule has 0 radical (unpaired) electrons. The first-order valence-corrected chi connectivity index (χ1v) is 11.1. The van der Waals surface area contributed by atoms with Crippen molar-refractivity contribution in [2.75, 3.05) is 22.6 Å². The van der Waals surface area contributed by atoms with Gasteiger partial charge in [-0.3, -0.25) is 4.79 Å². The van der Waals surface area contributed by atoms with Crippen LogP contribution in [-0.2, 0) is 21.1 Å². The monoisotopic (exact) mass is 395 g/mol. The number of aromatic nitrogens is 2. The minimum absolute atomic E-state index is 0.0332. The molecule has 0 unspecified atom stereocenters. The third-order valence-corrected chi connectivity index (χ3v) is 6.89. The van der Waals surface area contributed by atoms with Gasteiger partial charge in [0.1, 0.15) is 0 Å². The highest BCUT2D eigenvalue weighted by Crippen LogP contribution is 2.24. The van der Waals surface area contributed by atoms with Gasteiger partial charge in [-0.1, -0.05) is 23.9 Å². The lowest BCUT2D eigenvalue weighted by Gasteiger charge is -2.08. The van der Waals surface area contributed by atoms with Crippen molar-refractivity contribution in [3.05, 3.63) is 35.2 Å². The Kier molecular flexibility index (Phi) is 5.67. The Morgan fingerprint density at radius 3 is 2.88 bits per heavy atom. The van der Waals surface area contributed by atoms with E-state index in [0.717, 1.165) is 16.8 Å². The Morgan fingerprint density at radius 1 is 1.35 bits per heavy atom. The number of hydrogen-bond donors (Lipinski definition) is 1.